The predicted molar refractivity (Wildman–Crippen MR) is 82.5 cm³/mol. The highest BCUT2D eigenvalue weighted by Gasteiger charge is 2.15. The first-order valence-electron chi connectivity index (χ1n) is 6.21. The Kier molecular flexibility index (Phi) is 4.39. The molecular formula is C15H16BrN3. The third kappa shape index (κ3) is 2.87. The molecule has 0 bridgehead atoms. The standard InChI is InChI=1S/C15H16BrN3/c1-11(7-8-17)19(2)15-13(10-16)9-12-5-3-4-6-14(12)18-15/h3-6,9,11H,7,10H2,1-2H3. The number of hydrogen-bond donors (Lipinski definition) is 0. The molecule has 0 aliphatic heterocycles. The summed E-state index contributed by atoms with van der Waals surface area (Å²) in [6.45, 7) is 2.04. The molecule has 19 heavy (non-hydrogen) atoms. The first kappa shape index (κ1) is 13.8. The van der Waals surface area contributed by atoms with E-state index in [0.717, 1.165) is 27.6 Å². The summed E-state index contributed by atoms with van der Waals surface area (Å²) in [4.78, 5) is 6.81. The minimum absolute atomic E-state index is 0.150. The molecule has 1 aromatic heterocycles. The van der Waals surface area contributed by atoms with Crippen LogP contribution in [0.15, 0.2) is 30.3 Å². The number of benzene rings is 1. The number of halogens is 1. The van der Waals surface area contributed by atoms with Crippen LogP contribution in [0.25, 0.3) is 10.9 Å². The van der Waals surface area contributed by atoms with Gasteiger partial charge in [-0.1, -0.05) is 34.1 Å². The monoisotopic (exact) mass is 317 g/mol. The van der Waals surface area contributed by atoms with E-state index in [-0.39, 0.29) is 6.04 Å². The highest BCUT2D eigenvalue weighted by Crippen LogP contribution is 2.26. The Labute approximate surface area is 122 Å². The van der Waals surface area contributed by atoms with E-state index in [4.69, 9.17) is 10.2 Å². The summed E-state index contributed by atoms with van der Waals surface area (Å²) in [5.41, 5.74) is 2.13. The van der Waals surface area contributed by atoms with Crippen molar-refractivity contribution in [2.45, 2.75) is 24.7 Å². The second-order valence-corrected chi connectivity index (χ2v) is 5.18. The molecule has 0 aliphatic carbocycles. The number of anilines is 1. The van der Waals surface area contributed by atoms with Crippen molar-refractivity contribution in [1.29, 1.82) is 5.26 Å². The Morgan fingerprint density at radius 2 is 2.16 bits per heavy atom. The van der Waals surface area contributed by atoms with Crippen LogP contribution in [0.1, 0.15) is 18.9 Å². The molecule has 0 saturated carbocycles. The molecule has 0 N–H and O–H groups in total. The van der Waals surface area contributed by atoms with Crippen molar-refractivity contribution in [2.75, 3.05) is 11.9 Å². The van der Waals surface area contributed by atoms with Gasteiger partial charge in [-0.3, -0.25) is 0 Å². The molecule has 0 fully saturated rings. The van der Waals surface area contributed by atoms with Crippen LogP contribution in [0, 0.1) is 11.3 Å². The van der Waals surface area contributed by atoms with Crippen molar-refractivity contribution in [3.05, 3.63) is 35.9 Å². The van der Waals surface area contributed by atoms with Gasteiger partial charge in [-0.15, -0.1) is 0 Å². The van der Waals surface area contributed by atoms with Gasteiger partial charge in [0.25, 0.3) is 0 Å². The summed E-state index contributed by atoms with van der Waals surface area (Å²) in [5, 5.41) is 10.7. The molecule has 3 nitrogen and oxygen atoms in total. The Morgan fingerprint density at radius 3 is 2.84 bits per heavy atom. The Morgan fingerprint density at radius 1 is 1.42 bits per heavy atom. The van der Waals surface area contributed by atoms with Crippen LogP contribution in [0.5, 0.6) is 0 Å². The first-order valence-corrected chi connectivity index (χ1v) is 7.34. The first-order chi connectivity index (χ1) is 9.17. The van der Waals surface area contributed by atoms with Crippen LogP contribution in [0.4, 0.5) is 5.82 Å². The van der Waals surface area contributed by atoms with Gasteiger partial charge in [0.15, 0.2) is 0 Å². The van der Waals surface area contributed by atoms with Crippen molar-refractivity contribution in [3.63, 3.8) is 0 Å². The van der Waals surface area contributed by atoms with E-state index in [1.54, 1.807) is 0 Å². The van der Waals surface area contributed by atoms with Crippen LogP contribution >= 0.6 is 15.9 Å². The molecule has 0 aliphatic rings. The lowest BCUT2D eigenvalue weighted by Gasteiger charge is -2.26. The van der Waals surface area contributed by atoms with Crippen LogP contribution in [-0.2, 0) is 5.33 Å². The fourth-order valence-corrected chi connectivity index (χ4v) is 2.44. The largest absolute Gasteiger partial charge is 0.356 e. The third-order valence-corrected chi connectivity index (χ3v) is 3.91. The summed E-state index contributed by atoms with van der Waals surface area (Å²) in [5.74, 6) is 0.943. The zero-order valence-electron chi connectivity index (χ0n) is 11.1. The highest BCUT2D eigenvalue weighted by molar-refractivity contribution is 9.08. The number of pyridine rings is 1. The van der Waals surface area contributed by atoms with Crippen molar-refractivity contribution in [3.8, 4) is 6.07 Å². The average molecular weight is 318 g/mol. The van der Waals surface area contributed by atoms with E-state index < -0.39 is 0 Å². The van der Waals surface area contributed by atoms with Gasteiger partial charge >= 0.3 is 0 Å². The van der Waals surface area contributed by atoms with Gasteiger partial charge in [0.05, 0.1) is 18.0 Å². The fraction of sp³-hybridized carbons (Fsp3) is 0.333. The lowest BCUT2D eigenvalue weighted by molar-refractivity contribution is 0.693. The van der Waals surface area contributed by atoms with E-state index in [0.29, 0.717) is 6.42 Å². The van der Waals surface area contributed by atoms with Crippen LogP contribution in [0.2, 0.25) is 0 Å². The van der Waals surface area contributed by atoms with Crippen LogP contribution < -0.4 is 4.90 Å². The van der Waals surface area contributed by atoms with E-state index in [2.05, 4.69) is 39.0 Å². The second kappa shape index (κ2) is 6.03. The van der Waals surface area contributed by atoms with Crippen molar-refractivity contribution in [2.24, 2.45) is 0 Å². The van der Waals surface area contributed by atoms with E-state index in [1.165, 1.54) is 0 Å². The average Bonchev–Trinajstić information content (AvgIpc) is 2.45. The van der Waals surface area contributed by atoms with Gasteiger partial charge in [-0.2, -0.15) is 5.26 Å². The van der Waals surface area contributed by atoms with Gasteiger partial charge in [0.1, 0.15) is 5.82 Å². The number of fused-ring (bicyclic) bond motifs is 1. The highest BCUT2D eigenvalue weighted by atomic mass is 79.9. The molecule has 4 heteroatoms. The van der Waals surface area contributed by atoms with Gasteiger partial charge in [-0.05, 0) is 19.1 Å². The fourth-order valence-electron chi connectivity index (χ4n) is 2.03. The Balaban J connectivity index is 2.49. The number of para-hydroxylation sites is 1. The minimum Gasteiger partial charge on any atom is -0.356 e. The summed E-state index contributed by atoms with van der Waals surface area (Å²) in [6.07, 6.45) is 0.493. The molecule has 0 spiro atoms. The number of aromatic nitrogens is 1. The summed E-state index contributed by atoms with van der Waals surface area (Å²) in [7, 11) is 1.99. The maximum atomic E-state index is 8.82. The molecule has 2 rings (SSSR count). The van der Waals surface area contributed by atoms with Crippen molar-refractivity contribution in [1.82, 2.24) is 4.98 Å². The van der Waals surface area contributed by atoms with Gasteiger partial charge in [0.2, 0.25) is 0 Å². The molecule has 0 radical (unpaired) electrons. The van der Waals surface area contributed by atoms with E-state index in [9.17, 15) is 0 Å². The molecule has 0 saturated heterocycles. The number of nitrogens with zero attached hydrogens (tertiary/aromatic N) is 3. The van der Waals surface area contributed by atoms with Crippen LogP contribution in [-0.4, -0.2) is 18.1 Å². The molecular weight excluding hydrogens is 302 g/mol. The van der Waals surface area contributed by atoms with Crippen molar-refractivity contribution >= 4 is 32.7 Å². The molecule has 1 atom stereocenters. The second-order valence-electron chi connectivity index (χ2n) is 4.62. The van der Waals surface area contributed by atoms with E-state index >= 15 is 0 Å². The van der Waals surface area contributed by atoms with Gasteiger partial charge in [0, 0.05) is 29.4 Å². The number of nitriles is 1. The predicted octanol–water partition coefficient (Wildman–Crippen LogP) is 3.87. The Bertz CT molecular complexity index is 618. The normalized spacial score (nSPS) is 12.1. The number of alkyl halides is 1. The van der Waals surface area contributed by atoms with E-state index in [1.807, 2.05) is 32.2 Å². The molecule has 1 heterocycles. The third-order valence-electron chi connectivity index (χ3n) is 3.31. The quantitative estimate of drug-likeness (QED) is 0.804. The summed E-state index contributed by atoms with van der Waals surface area (Å²) < 4.78 is 0. The summed E-state index contributed by atoms with van der Waals surface area (Å²) in [6, 6.07) is 12.6. The lowest BCUT2D eigenvalue weighted by atomic mass is 10.1. The van der Waals surface area contributed by atoms with Gasteiger partial charge < -0.3 is 4.90 Å². The zero-order chi connectivity index (χ0) is 13.8. The topological polar surface area (TPSA) is 39.9 Å². The SMILES string of the molecule is CC(CC#N)N(C)c1nc2ccccc2cc1CBr. The maximum absolute atomic E-state index is 8.82. The molecule has 2 aromatic rings. The van der Waals surface area contributed by atoms with Gasteiger partial charge in [-0.25, -0.2) is 4.98 Å². The zero-order valence-corrected chi connectivity index (χ0v) is 12.7. The van der Waals surface area contributed by atoms with Crippen molar-refractivity contribution < 1.29 is 0 Å². The molecule has 1 aromatic carbocycles. The van der Waals surface area contributed by atoms with Crippen LogP contribution in [0.3, 0.4) is 0 Å². The summed E-state index contributed by atoms with van der Waals surface area (Å²) >= 11 is 3.52. The number of rotatable bonds is 4. The maximum Gasteiger partial charge on any atom is 0.133 e. The number of hydrogen-bond acceptors (Lipinski definition) is 3. The minimum atomic E-state index is 0.150. The molecule has 1 unspecified atom stereocenters. The lowest BCUT2D eigenvalue weighted by Crippen LogP contribution is -2.30. The smallest absolute Gasteiger partial charge is 0.133 e. The molecule has 98 valence electrons. The Hall–Kier alpha value is -1.60. The molecule has 0 amide bonds.